The summed E-state index contributed by atoms with van der Waals surface area (Å²) >= 11 is 0. The number of amides is 1. The maximum atomic E-state index is 12.5. The van der Waals surface area contributed by atoms with Crippen molar-refractivity contribution in [1.29, 1.82) is 0 Å². The number of nitrogens with one attached hydrogen (secondary N) is 1. The predicted molar refractivity (Wildman–Crippen MR) is 76.9 cm³/mol. The molecule has 0 spiro atoms. The fraction of sp³-hybridized carbons (Fsp3) is 0.375. The zero-order valence-electron chi connectivity index (χ0n) is 11.5. The fourth-order valence-electron chi connectivity index (χ4n) is 3.55. The van der Waals surface area contributed by atoms with Gasteiger partial charge in [0.05, 0.1) is 12.0 Å². The Kier molecular flexibility index (Phi) is 2.74. The minimum absolute atomic E-state index is 0.144. The maximum Gasteiger partial charge on any atom is 0.261 e. The van der Waals surface area contributed by atoms with Crippen LogP contribution in [-0.4, -0.2) is 28.4 Å². The summed E-state index contributed by atoms with van der Waals surface area (Å²) < 4.78 is 5.25. The van der Waals surface area contributed by atoms with Gasteiger partial charge in [-0.05, 0) is 49.4 Å². The van der Waals surface area contributed by atoms with Crippen LogP contribution < -0.4 is 5.56 Å². The highest BCUT2D eigenvalue weighted by atomic mass is 16.3. The number of aromatic nitrogens is 1. The number of carbonyl (C=O) groups excluding carboxylic acids is 1. The Labute approximate surface area is 121 Å². The lowest BCUT2D eigenvalue weighted by molar-refractivity contribution is 0.0702. The highest BCUT2D eigenvalue weighted by Crippen LogP contribution is 2.37. The summed E-state index contributed by atoms with van der Waals surface area (Å²) in [5.41, 5.74) is 0.457. The molecule has 5 nitrogen and oxygen atoms in total. The summed E-state index contributed by atoms with van der Waals surface area (Å²) in [6.07, 6.45) is 4.92. The molecule has 1 aliphatic carbocycles. The van der Waals surface area contributed by atoms with Crippen molar-refractivity contribution in [3.63, 3.8) is 0 Å². The first-order valence-corrected chi connectivity index (χ1v) is 7.30. The first-order valence-electron chi connectivity index (χ1n) is 7.30. The van der Waals surface area contributed by atoms with Crippen LogP contribution in [0.25, 0.3) is 11.5 Å². The Balaban J connectivity index is 1.64. The van der Waals surface area contributed by atoms with Crippen molar-refractivity contribution in [3.8, 4) is 11.5 Å². The van der Waals surface area contributed by atoms with E-state index in [0.717, 1.165) is 19.4 Å². The standard InChI is InChI=1S/C16H16N2O3/c19-15-12(5-6-13(17-15)14-2-1-7-21-14)16(20)18-9-10-3-4-11(18)8-10/h1-2,5-7,10-11H,3-4,8-9H2,(H,17,19). The normalized spacial score (nSPS) is 23.7. The zero-order chi connectivity index (χ0) is 14.4. The summed E-state index contributed by atoms with van der Waals surface area (Å²) in [5.74, 6) is 1.07. The second kappa shape index (κ2) is 4.62. The van der Waals surface area contributed by atoms with Crippen LogP contribution in [0.4, 0.5) is 0 Å². The third kappa shape index (κ3) is 2.00. The molecular weight excluding hydrogens is 268 g/mol. The molecule has 2 atom stereocenters. The first kappa shape index (κ1) is 12.4. The molecule has 108 valence electrons. The van der Waals surface area contributed by atoms with E-state index in [9.17, 15) is 9.59 Å². The average Bonchev–Trinajstić information content (AvgIpc) is 3.23. The van der Waals surface area contributed by atoms with Gasteiger partial charge in [0, 0.05) is 12.6 Å². The Morgan fingerprint density at radius 1 is 1.29 bits per heavy atom. The number of rotatable bonds is 2. The molecule has 1 N–H and O–H groups in total. The molecule has 4 rings (SSSR count). The summed E-state index contributed by atoms with van der Waals surface area (Å²) in [7, 11) is 0. The van der Waals surface area contributed by atoms with E-state index in [4.69, 9.17) is 4.42 Å². The summed E-state index contributed by atoms with van der Waals surface area (Å²) in [5, 5.41) is 0. The van der Waals surface area contributed by atoms with E-state index in [1.54, 1.807) is 30.5 Å². The van der Waals surface area contributed by atoms with Crippen LogP contribution in [-0.2, 0) is 0 Å². The molecule has 5 heteroatoms. The van der Waals surface area contributed by atoms with Crippen LogP contribution >= 0.6 is 0 Å². The van der Waals surface area contributed by atoms with Crippen molar-refractivity contribution < 1.29 is 9.21 Å². The van der Waals surface area contributed by atoms with Crippen molar-refractivity contribution in [3.05, 3.63) is 46.4 Å². The number of pyridine rings is 1. The molecule has 2 bridgehead atoms. The third-order valence-corrected chi connectivity index (χ3v) is 4.60. The highest BCUT2D eigenvalue weighted by Gasteiger charge is 2.40. The van der Waals surface area contributed by atoms with Crippen molar-refractivity contribution in [1.82, 2.24) is 9.88 Å². The van der Waals surface area contributed by atoms with E-state index >= 15 is 0 Å². The topological polar surface area (TPSA) is 66.3 Å². The van der Waals surface area contributed by atoms with Gasteiger partial charge in [0.2, 0.25) is 0 Å². The quantitative estimate of drug-likeness (QED) is 0.919. The molecule has 1 saturated carbocycles. The number of hydrogen-bond acceptors (Lipinski definition) is 3. The molecule has 0 aromatic carbocycles. The fourth-order valence-corrected chi connectivity index (χ4v) is 3.55. The number of hydrogen-bond donors (Lipinski definition) is 1. The molecule has 2 aliphatic rings. The number of aromatic amines is 1. The van der Waals surface area contributed by atoms with Crippen LogP contribution in [0.3, 0.4) is 0 Å². The SMILES string of the molecule is O=C(c1ccc(-c2ccco2)[nH]c1=O)N1CC2CCC1C2. The molecule has 21 heavy (non-hydrogen) atoms. The van der Waals surface area contributed by atoms with Crippen molar-refractivity contribution >= 4 is 5.91 Å². The van der Waals surface area contributed by atoms with Crippen LogP contribution in [0.2, 0.25) is 0 Å². The maximum absolute atomic E-state index is 12.5. The van der Waals surface area contributed by atoms with Crippen molar-refractivity contribution in [2.24, 2.45) is 5.92 Å². The van der Waals surface area contributed by atoms with Gasteiger partial charge in [-0.1, -0.05) is 0 Å². The first-order chi connectivity index (χ1) is 10.2. The molecule has 3 heterocycles. The number of nitrogens with zero attached hydrogens (tertiary/aromatic N) is 1. The summed E-state index contributed by atoms with van der Waals surface area (Å²) in [6, 6.07) is 7.18. The Morgan fingerprint density at radius 2 is 2.19 bits per heavy atom. The molecule has 1 saturated heterocycles. The van der Waals surface area contributed by atoms with E-state index < -0.39 is 0 Å². The number of fused-ring (bicyclic) bond motifs is 2. The Hall–Kier alpha value is -2.30. The van der Waals surface area contributed by atoms with Crippen LogP contribution in [0.5, 0.6) is 0 Å². The molecule has 1 amide bonds. The number of piperidine rings is 1. The zero-order valence-corrected chi connectivity index (χ0v) is 11.5. The van der Waals surface area contributed by atoms with E-state index in [1.165, 1.54) is 6.42 Å². The van der Waals surface area contributed by atoms with Gasteiger partial charge in [-0.25, -0.2) is 0 Å². The molecular formula is C16H16N2O3. The second-order valence-electron chi connectivity index (χ2n) is 5.88. The molecule has 0 radical (unpaired) electrons. The van der Waals surface area contributed by atoms with Gasteiger partial charge >= 0.3 is 0 Å². The summed E-state index contributed by atoms with van der Waals surface area (Å²) in [6.45, 7) is 0.795. The van der Waals surface area contributed by atoms with E-state index in [0.29, 0.717) is 23.4 Å². The van der Waals surface area contributed by atoms with Crippen molar-refractivity contribution in [2.45, 2.75) is 25.3 Å². The van der Waals surface area contributed by atoms with Crippen LogP contribution in [0.15, 0.2) is 39.7 Å². The van der Waals surface area contributed by atoms with E-state index in [-0.39, 0.29) is 17.0 Å². The third-order valence-electron chi connectivity index (χ3n) is 4.60. The van der Waals surface area contributed by atoms with E-state index in [2.05, 4.69) is 4.98 Å². The van der Waals surface area contributed by atoms with Gasteiger partial charge in [-0.3, -0.25) is 9.59 Å². The molecule has 2 aromatic heterocycles. The summed E-state index contributed by atoms with van der Waals surface area (Å²) in [4.78, 5) is 29.3. The Morgan fingerprint density at radius 3 is 2.81 bits per heavy atom. The molecule has 1 aliphatic heterocycles. The number of carbonyl (C=O) groups is 1. The largest absolute Gasteiger partial charge is 0.463 e. The second-order valence-corrected chi connectivity index (χ2v) is 5.88. The lowest BCUT2D eigenvalue weighted by Gasteiger charge is -2.26. The van der Waals surface area contributed by atoms with Crippen molar-refractivity contribution in [2.75, 3.05) is 6.54 Å². The van der Waals surface area contributed by atoms with Gasteiger partial charge in [-0.2, -0.15) is 0 Å². The molecule has 2 aromatic rings. The minimum atomic E-state index is -0.350. The lowest BCUT2D eigenvalue weighted by atomic mass is 10.1. The number of likely N-dealkylation sites (tertiary alicyclic amines) is 1. The Bertz CT molecular complexity index is 732. The van der Waals surface area contributed by atoms with Gasteiger partial charge < -0.3 is 14.3 Å². The molecule has 2 fully saturated rings. The van der Waals surface area contributed by atoms with Gasteiger partial charge in [0.15, 0.2) is 0 Å². The highest BCUT2D eigenvalue weighted by molar-refractivity contribution is 5.94. The molecule has 2 unspecified atom stereocenters. The number of furan rings is 1. The van der Waals surface area contributed by atoms with Crippen LogP contribution in [0.1, 0.15) is 29.6 Å². The smallest absolute Gasteiger partial charge is 0.261 e. The monoisotopic (exact) mass is 284 g/mol. The van der Waals surface area contributed by atoms with Gasteiger partial charge in [0.25, 0.3) is 11.5 Å². The van der Waals surface area contributed by atoms with Gasteiger partial charge in [-0.15, -0.1) is 0 Å². The van der Waals surface area contributed by atoms with Crippen LogP contribution in [0, 0.1) is 5.92 Å². The number of H-pyrrole nitrogens is 1. The van der Waals surface area contributed by atoms with E-state index in [1.807, 2.05) is 4.90 Å². The van der Waals surface area contributed by atoms with Gasteiger partial charge in [0.1, 0.15) is 11.3 Å². The predicted octanol–water partition coefficient (Wildman–Crippen LogP) is 2.26. The average molecular weight is 284 g/mol. The lowest BCUT2D eigenvalue weighted by Crippen LogP contribution is -2.40. The minimum Gasteiger partial charge on any atom is -0.463 e.